The van der Waals surface area contributed by atoms with Gasteiger partial charge in [-0.25, -0.2) is 8.78 Å². The molecule has 6 nitrogen and oxygen atoms in total. The SMILES string of the molecule is O=C(Nc1cc(N2CCCC2=O)cc2c1C(c1cc(F)ccc1Cl)NC2=O)c1cc(F)cc(C(F)(F)F)c1. The number of carbonyl (C=O) groups excluding carboxylic acids is 3. The Morgan fingerprint density at radius 3 is 2.47 bits per heavy atom. The summed E-state index contributed by atoms with van der Waals surface area (Å²) < 4.78 is 67.7. The minimum atomic E-state index is -4.90. The highest BCUT2D eigenvalue weighted by Crippen LogP contribution is 2.42. The summed E-state index contributed by atoms with van der Waals surface area (Å²) in [6, 6.07) is 6.73. The molecule has 5 rings (SSSR count). The molecule has 38 heavy (non-hydrogen) atoms. The van der Waals surface area contributed by atoms with Gasteiger partial charge in [0.15, 0.2) is 0 Å². The number of amides is 3. The summed E-state index contributed by atoms with van der Waals surface area (Å²) in [5.41, 5.74) is -1.35. The molecule has 0 aromatic heterocycles. The Bertz CT molecular complexity index is 1510. The van der Waals surface area contributed by atoms with Crippen LogP contribution >= 0.6 is 11.6 Å². The number of rotatable bonds is 4. The minimum Gasteiger partial charge on any atom is -0.341 e. The molecule has 2 aliphatic rings. The first-order valence-corrected chi connectivity index (χ1v) is 11.7. The summed E-state index contributed by atoms with van der Waals surface area (Å²) in [4.78, 5) is 39.8. The molecule has 1 fully saturated rings. The highest BCUT2D eigenvalue weighted by Gasteiger charge is 2.37. The van der Waals surface area contributed by atoms with E-state index in [4.69, 9.17) is 11.6 Å². The molecule has 2 heterocycles. The third-order valence-corrected chi connectivity index (χ3v) is 6.71. The zero-order valence-electron chi connectivity index (χ0n) is 19.3. The predicted octanol–water partition coefficient (Wildman–Crippen LogP) is 5.85. The third kappa shape index (κ3) is 4.69. The van der Waals surface area contributed by atoms with Gasteiger partial charge in [-0.1, -0.05) is 11.6 Å². The molecular formula is C26H17ClF5N3O3. The van der Waals surface area contributed by atoms with Gasteiger partial charge in [-0.05, 0) is 55.0 Å². The lowest BCUT2D eigenvalue weighted by Gasteiger charge is -2.22. The van der Waals surface area contributed by atoms with Crippen LogP contribution in [0.1, 0.15) is 56.3 Å². The molecule has 2 aliphatic heterocycles. The average Bonchev–Trinajstić information content (AvgIpc) is 3.42. The van der Waals surface area contributed by atoms with Gasteiger partial charge >= 0.3 is 6.18 Å². The molecule has 3 amide bonds. The van der Waals surface area contributed by atoms with E-state index in [0.717, 1.165) is 12.1 Å². The summed E-state index contributed by atoms with van der Waals surface area (Å²) in [6.07, 6.45) is -4.06. The van der Waals surface area contributed by atoms with Crippen molar-refractivity contribution in [2.75, 3.05) is 16.8 Å². The summed E-state index contributed by atoms with van der Waals surface area (Å²) in [5.74, 6) is -3.82. The number of anilines is 2. The average molecular weight is 550 g/mol. The Balaban J connectivity index is 1.64. The fraction of sp³-hybridized carbons (Fsp3) is 0.192. The van der Waals surface area contributed by atoms with Crippen molar-refractivity contribution in [3.8, 4) is 0 Å². The number of fused-ring (bicyclic) bond motifs is 1. The smallest absolute Gasteiger partial charge is 0.341 e. The van der Waals surface area contributed by atoms with Crippen molar-refractivity contribution in [1.29, 1.82) is 0 Å². The zero-order chi connectivity index (χ0) is 27.4. The first-order valence-electron chi connectivity index (χ1n) is 11.4. The van der Waals surface area contributed by atoms with Crippen LogP contribution < -0.4 is 15.5 Å². The molecule has 12 heteroatoms. The number of carbonyl (C=O) groups is 3. The Morgan fingerprint density at radius 2 is 1.79 bits per heavy atom. The van der Waals surface area contributed by atoms with E-state index in [1.165, 1.54) is 23.1 Å². The zero-order valence-corrected chi connectivity index (χ0v) is 20.0. The van der Waals surface area contributed by atoms with Crippen molar-refractivity contribution >= 4 is 40.7 Å². The second-order valence-corrected chi connectivity index (χ2v) is 9.26. The van der Waals surface area contributed by atoms with Crippen LogP contribution in [0.15, 0.2) is 48.5 Å². The summed E-state index contributed by atoms with van der Waals surface area (Å²) in [7, 11) is 0. The van der Waals surface area contributed by atoms with Crippen molar-refractivity contribution < 1.29 is 36.3 Å². The van der Waals surface area contributed by atoms with Crippen LogP contribution in [0.5, 0.6) is 0 Å². The third-order valence-electron chi connectivity index (χ3n) is 6.36. The van der Waals surface area contributed by atoms with Crippen molar-refractivity contribution in [2.45, 2.75) is 25.1 Å². The molecule has 0 aliphatic carbocycles. The first-order chi connectivity index (χ1) is 17.9. The lowest BCUT2D eigenvalue weighted by molar-refractivity contribution is -0.137. The summed E-state index contributed by atoms with van der Waals surface area (Å²) in [6.45, 7) is 0.352. The topological polar surface area (TPSA) is 78.5 Å². The molecule has 3 aromatic rings. The lowest BCUT2D eigenvalue weighted by Crippen LogP contribution is -2.24. The van der Waals surface area contributed by atoms with E-state index in [0.29, 0.717) is 25.1 Å². The summed E-state index contributed by atoms with van der Waals surface area (Å²) >= 11 is 6.27. The first kappa shape index (κ1) is 25.7. The minimum absolute atomic E-state index is 0.0382. The molecule has 3 aromatic carbocycles. The second-order valence-electron chi connectivity index (χ2n) is 8.86. The monoisotopic (exact) mass is 549 g/mol. The van der Waals surface area contributed by atoms with E-state index >= 15 is 0 Å². The molecule has 1 unspecified atom stereocenters. The van der Waals surface area contributed by atoms with E-state index in [1.54, 1.807) is 0 Å². The van der Waals surface area contributed by atoms with Crippen LogP contribution in [-0.4, -0.2) is 24.3 Å². The van der Waals surface area contributed by atoms with Crippen molar-refractivity contribution in [2.24, 2.45) is 0 Å². The van der Waals surface area contributed by atoms with E-state index < -0.39 is 46.8 Å². The van der Waals surface area contributed by atoms with Crippen molar-refractivity contribution in [3.63, 3.8) is 0 Å². The number of alkyl halides is 3. The van der Waals surface area contributed by atoms with Gasteiger partial charge < -0.3 is 15.5 Å². The number of hydrogen-bond acceptors (Lipinski definition) is 3. The molecule has 1 atom stereocenters. The fourth-order valence-electron chi connectivity index (χ4n) is 4.65. The van der Waals surface area contributed by atoms with Crippen LogP contribution in [0.2, 0.25) is 5.02 Å². The maximum Gasteiger partial charge on any atom is 0.416 e. The van der Waals surface area contributed by atoms with Crippen LogP contribution in [0.25, 0.3) is 0 Å². The van der Waals surface area contributed by atoms with Crippen molar-refractivity contribution in [3.05, 3.63) is 93.0 Å². The number of hydrogen-bond donors (Lipinski definition) is 2. The van der Waals surface area contributed by atoms with Crippen LogP contribution in [-0.2, 0) is 11.0 Å². The predicted molar refractivity (Wildman–Crippen MR) is 128 cm³/mol. The van der Waals surface area contributed by atoms with Crippen LogP contribution in [0, 0.1) is 11.6 Å². The van der Waals surface area contributed by atoms with E-state index in [1.807, 2.05) is 0 Å². The highest BCUT2D eigenvalue weighted by atomic mass is 35.5. The van der Waals surface area contributed by atoms with Gasteiger partial charge in [0.25, 0.3) is 11.8 Å². The lowest BCUT2D eigenvalue weighted by atomic mass is 9.95. The van der Waals surface area contributed by atoms with Gasteiger partial charge in [0, 0.05) is 51.6 Å². The van der Waals surface area contributed by atoms with Crippen LogP contribution in [0.4, 0.5) is 33.3 Å². The van der Waals surface area contributed by atoms with Gasteiger partial charge in [0.2, 0.25) is 5.91 Å². The largest absolute Gasteiger partial charge is 0.416 e. The molecule has 0 radical (unpaired) electrons. The fourth-order valence-corrected chi connectivity index (χ4v) is 4.87. The Morgan fingerprint density at radius 1 is 1.03 bits per heavy atom. The number of nitrogens with one attached hydrogen (secondary N) is 2. The van der Waals surface area contributed by atoms with Gasteiger partial charge in [0.1, 0.15) is 11.6 Å². The van der Waals surface area contributed by atoms with E-state index in [9.17, 15) is 36.3 Å². The number of nitrogens with zero attached hydrogens (tertiary/aromatic N) is 1. The molecule has 0 bridgehead atoms. The standard InChI is InChI=1S/C26H17ClF5N3O3/c27-19-4-3-14(28)9-17(19)23-22-18(25(38)34-23)10-16(35-5-1-2-21(35)36)11-20(22)33-24(37)12-6-13(26(30,31)32)8-15(29)7-12/h3-4,6-11,23H,1-2,5H2,(H,33,37)(H,34,38). The highest BCUT2D eigenvalue weighted by molar-refractivity contribution is 6.31. The van der Waals surface area contributed by atoms with E-state index in [2.05, 4.69) is 10.6 Å². The Labute approximate surface area is 217 Å². The molecule has 0 saturated carbocycles. The van der Waals surface area contributed by atoms with Crippen LogP contribution in [0.3, 0.4) is 0 Å². The Hall–Kier alpha value is -3.99. The van der Waals surface area contributed by atoms with Gasteiger partial charge in [-0.2, -0.15) is 13.2 Å². The number of halogens is 6. The maximum atomic E-state index is 14.1. The Kier molecular flexibility index (Phi) is 6.34. The van der Waals surface area contributed by atoms with Gasteiger partial charge in [-0.3, -0.25) is 14.4 Å². The van der Waals surface area contributed by atoms with Gasteiger partial charge in [-0.15, -0.1) is 0 Å². The second kappa shape index (κ2) is 9.39. The molecule has 1 saturated heterocycles. The molecule has 0 spiro atoms. The van der Waals surface area contributed by atoms with Crippen molar-refractivity contribution in [1.82, 2.24) is 5.32 Å². The molecular weight excluding hydrogens is 533 g/mol. The summed E-state index contributed by atoms with van der Waals surface area (Å²) in [5, 5.41) is 5.24. The maximum absolute atomic E-state index is 14.1. The molecule has 196 valence electrons. The van der Waals surface area contributed by atoms with Gasteiger partial charge in [0.05, 0.1) is 11.6 Å². The quantitative estimate of drug-likeness (QED) is 0.401. The normalized spacial score (nSPS) is 17.0. The van der Waals surface area contributed by atoms with E-state index in [-0.39, 0.29) is 51.5 Å². The number of benzene rings is 3. The molecule has 2 N–H and O–H groups in total.